The fourth-order valence-corrected chi connectivity index (χ4v) is 4.40. The van der Waals surface area contributed by atoms with E-state index in [4.69, 9.17) is 4.43 Å². The quantitative estimate of drug-likeness (QED) is 0.658. The van der Waals surface area contributed by atoms with Gasteiger partial charge in [-0.3, -0.25) is 4.79 Å². The largest absolute Gasteiger partial charge is 0.413 e. The number of rotatable bonds is 5. The van der Waals surface area contributed by atoms with Crippen LogP contribution in [-0.4, -0.2) is 26.0 Å². The summed E-state index contributed by atoms with van der Waals surface area (Å²) in [5, 5.41) is 0.113. The van der Waals surface area contributed by atoms with E-state index in [-0.39, 0.29) is 28.1 Å². The Morgan fingerprint density at radius 1 is 1.30 bits per heavy atom. The number of ketones is 2. The first kappa shape index (κ1) is 20.3. The lowest BCUT2D eigenvalue weighted by Crippen LogP contribution is -2.50. The van der Waals surface area contributed by atoms with Crippen LogP contribution in [0.15, 0.2) is 11.1 Å². The second-order valence-electron chi connectivity index (χ2n) is 9.02. The van der Waals surface area contributed by atoms with Crippen LogP contribution in [0.4, 0.5) is 0 Å². The third-order valence-electron chi connectivity index (χ3n) is 5.79. The second kappa shape index (κ2) is 6.64. The molecule has 0 saturated heterocycles. The predicted octanol–water partition coefficient (Wildman–Crippen LogP) is 5.06. The van der Waals surface area contributed by atoms with Gasteiger partial charge in [0.1, 0.15) is 5.78 Å². The Morgan fingerprint density at radius 2 is 1.83 bits per heavy atom. The van der Waals surface area contributed by atoms with Crippen molar-refractivity contribution in [1.29, 1.82) is 0 Å². The first-order valence-electron chi connectivity index (χ1n) is 8.61. The Kier molecular flexibility index (Phi) is 5.86. The molecule has 1 unspecified atom stereocenters. The van der Waals surface area contributed by atoms with E-state index < -0.39 is 8.32 Å². The minimum absolute atomic E-state index is 0.0958. The lowest BCUT2D eigenvalue weighted by atomic mass is 9.68. The Labute approximate surface area is 143 Å². The van der Waals surface area contributed by atoms with Crippen LogP contribution in [0.3, 0.4) is 0 Å². The van der Waals surface area contributed by atoms with Crippen LogP contribution in [0.1, 0.15) is 67.7 Å². The lowest BCUT2D eigenvalue weighted by Gasteiger charge is -2.47. The maximum absolute atomic E-state index is 12.5. The maximum Gasteiger partial charge on any atom is 0.192 e. The van der Waals surface area contributed by atoms with Gasteiger partial charge >= 0.3 is 0 Å². The van der Waals surface area contributed by atoms with Crippen LogP contribution in [-0.2, 0) is 14.0 Å². The maximum atomic E-state index is 12.5. The predicted molar refractivity (Wildman–Crippen MR) is 98.1 cm³/mol. The molecular formula is C19H34O3Si. The van der Waals surface area contributed by atoms with Gasteiger partial charge in [0.15, 0.2) is 14.1 Å². The van der Waals surface area contributed by atoms with E-state index in [2.05, 4.69) is 47.7 Å². The summed E-state index contributed by atoms with van der Waals surface area (Å²) in [6, 6.07) is 0. The van der Waals surface area contributed by atoms with Gasteiger partial charge in [-0.25, -0.2) is 0 Å². The van der Waals surface area contributed by atoms with Gasteiger partial charge in [-0.2, -0.15) is 0 Å². The van der Waals surface area contributed by atoms with Gasteiger partial charge in [0.05, 0.1) is 6.10 Å². The summed E-state index contributed by atoms with van der Waals surface area (Å²) < 4.78 is 6.61. The Balaban J connectivity index is 3.14. The Hall–Kier alpha value is -0.743. The van der Waals surface area contributed by atoms with E-state index in [1.54, 1.807) is 6.92 Å². The first-order chi connectivity index (χ1) is 10.2. The van der Waals surface area contributed by atoms with E-state index in [0.29, 0.717) is 19.3 Å². The number of Topliss-reactive ketones (excluding diaryl/α,β-unsaturated/α-hetero) is 2. The van der Waals surface area contributed by atoms with Crippen molar-refractivity contribution < 1.29 is 14.0 Å². The molecule has 0 aromatic heterocycles. The highest BCUT2D eigenvalue weighted by Crippen LogP contribution is 2.46. The topological polar surface area (TPSA) is 43.4 Å². The summed E-state index contributed by atoms with van der Waals surface area (Å²) in [5.74, 6) is 0.340. The molecule has 4 heteroatoms. The van der Waals surface area contributed by atoms with Crippen molar-refractivity contribution in [2.75, 3.05) is 0 Å². The zero-order valence-corrected chi connectivity index (χ0v) is 17.4. The van der Waals surface area contributed by atoms with Crippen molar-refractivity contribution in [1.82, 2.24) is 0 Å². The fourth-order valence-electron chi connectivity index (χ4n) is 2.95. The number of carbonyl (C=O) groups is 2. The smallest absolute Gasteiger partial charge is 0.192 e. The SMILES string of the molecule is CC(=O)CCC1=C(C)C(=O)CC(O[Si](C)(C)C(C)(C)C)C1(C)C. The number of carbonyl (C=O) groups excluding carboxylic acids is 2. The fraction of sp³-hybridized carbons (Fsp3) is 0.789. The minimum Gasteiger partial charge on any atom is -0.413 e. The van der Waals surface area contributed by atoms with Crippen LogP contribution in [0.25, 0.3) is 0 Å². The molecule has 0 amide bonds. The van der Waals surface area contributed by atoms with Gasteiger partial charge in [-0.15, -0.1) is 0 Å². The van der Waals surface area contributed by atoms with Gasteiger partial charge < -0.3 is 9.22 Å². The first-order valence-corrected chi connectivity index (χ1v) is 11.5. The summed E-state index contributed by atoms with van der Waals surface area (Å²) >= 11 is 0. The average Bonchev–Trinajstić information content (AvgIpc) is 2.33. The Morgan fingerprint density at radius 3 is 2.26 bits per heavy atom. The van der Waals surface area contributed by atoms with Crippen molar-refractivity contribution in [3.8, 4) is 0 Å². The highest BCUT2D eigenvalue weighted by Gasteiger charge is 2.47. The van der Waals surface area contributed by atoms with Crippen molar-refractivity contribution in [3.05, 3.63) is 11.1 Å². The summed E-state index contributed by atoms with van der Waals surface area (Å²) in [7, 11) is -1.95. The Bertz CT molecular complexity index is 521. The summed E-state index contributed by atoms with van der Waals surface area (Å²) in [6.45, 7) is 18.9. The zero-order chi connectivity index (χ0) is 18.2. The molecule has 0 saturated carbocycles. The van der Waals surface area contributed by atoms with Gasteiger partial charge in [-0.1, -0.05) is 40.2 Å². The monoisotopic (exact) mass is 338 g/mol. The molecule has 132 valence electrons. The molecule has 0 radical (unpaired) electrons. The van der Waals surface area contributed by atoms with Crippen LogP contribution in [0.5, 0.6) is 0 Å². The number of hydrogen-bond donors (Lipinski definition) is 0. The molecular weight excluding hydrogens is 304 g/mol. The molecule has 0 spiro atoms. The minimum atomic E-state index is -1.95. The van der Waals surface area contributed by atoms with Gasteiger partial charge in [0, 0.05) is 18.3 Å². The van der Waals surface area contributed by atoms with E-state index >= 15 is 0 Å². The third kappa shape index (κ3) is 4.41. The van der Waals surface area contributed by atoms with Crippen molar-refractivity contribution >= 4 is 19.9 Å². The van der Waals surface area contributed by atoms with Crippen molar-refractivity contribution in [2.24, 2.45) is 5.41 Å². The summed E-state index contributed by atoms with van der Waals surface area (Å²) in [6.07, 6.45) is 1.52. The lowest BCUT2D eigenvalue weighted by molar-refractivity contribution is -0.120. The van der Waals surface area contributed by atoms with E-state index in [1.165, 1.54) is 0 Å². The van der Waals surface area contributed by atoms with Gasteiger partial charge in [0.25, 0.3) is 0 Å². The number of hydrogen-bond acceptors (Lipinski definition) is 3. The second-order valence-corrected chi connectivity index (χ2v) is 13.8. The van der Waals surface area contributed by atoms with Crippen LogP contribution < -0.4 is 0 Å². The molecule has 1 aliphatic carbocycles. The zero-order valence-electron chi connectivity index (χ0n) is 16.4. The molecule has 0 N–H and O–H groups in total. The third-order valence-corrected chi connectivity index (χ3v) is 10.3. The van der Waals surface area contributed by atoms with E-state index in [1.807, 2.05) is 6.92 Å². The molecule has 0 fully saturated rings. The normalized spacial score (nSPS) is 22.5. The average molecular weight is 339 g/mol. The van der Waals surface area contributed by atoms with E-state index in [9.17, 15) is 9.59 Å². The summed E-state index contributed by atoms with van der Waals surface area (Å²) in [4.78, 5) is 23.9. The van der Waals surface area contributed by atoms with Crippen molar-refractivity contribution in [2.45, 2.75) is 92.0 Å². The molecule has 1 rings (SSSR count). The van der Waals surface area contributed by atoms with Gasteiger partial charge in [-0.05, 0) is 44.0 Å². The molecule has 23 heavy (non-hydrogen) atoms. The van der Waals surface area contributed by atoms with Crippen LogP contribution in [0, 0.1) is 5.41 Å². The van der Waals surface area contributed by atoms with Gasteiger partial charge in [0.2, 0.25) is 0 Å². The highest BCUT2D eigenvalue weighted by molar-refractivity contribution is 6.74. The van der Waals surface area contributed by atoms with Crippen molar-refractivity contribution in [3.63, 3.8) is 0 Å². The molecule has 0 bridgehead atoms. The summed E-state index contributed by atoms with van der Waals surface area (Å²) in [5.41, 5.74) is 1.74. The molecule has 1 atom stereocenters. The van der Waals surface area contributed by atoms with Crippen LogP contribution in [0.2, 0.25) is 18.1 Å². The molecule has 0 aromatic rings. The molecule has 0 heterocycles. The molecule has 3 nitrogen and oxygen atoms in total. The number of allylic oxidation sites excluding steroid dienone is 1. The molecule has 0 aromatic carbocycles. The molecule has 0 aliphatic heterocycles. The standard InChI is InChI=1S/C19H34O3Si/c1-13(20)10-11-15-14(2)16(21)12-17(19(15,6)7)22-23(8,9)18(3,4)5/h17H,10-12H2,1-9H3. The van der Waals surface area contributed by atoms with E-state index in [0.717, 1.165) is 11.1 Å². The van der Waals surface area contributed by atoms with Crippen LogP contribution >= 0.6 is 0 Å². The molecule has 1 aliphatic rings. The highest BCUT2D eigenvalue weighted by atomic mass is 28.4.